The molecule has 11 heteroatoms. The highest BCUT2D eigenvalue weighted by molar-refractivity contribution is 6.31. The fourth-order valence-electron chi connectivity index (χ4n) is 3.17. The Hall–Kier alpha value is -3.17. The first-order valence-corrected chi connectivity index (χ1v) is 10.4. The van der Waals surface area contributed by atoms with E-state index in [0.717, 1.165) is 6.07 Å². The van der Waals surface area contributed by atoms with E-state index in [-0.39, 0.29) is 29.2 Å². The summed E-state index contributed by atoms with van der Waals surface area (Å²) in [6, 6.07) is 9.59. The number of aromatic nitrogens is 2. The second kappa shape index (κ2) is 9.54. The number of ether oxygens (including phenoxy) is 1. The Morgan fingerprint density at radius 2 is 1.97 bits per heavy atom. The molecule has 2 amide bonds. The minimum Gasteiger partial charge on any atom is -0.484 e. The number of carbonyl (C=O) groups is 2. The first-order chi connectivity index (χ1) is 15.4. The van der Waals surface area contributed by atoms with Crippen LogP contribution in [0.3, 0.4) is 0 Å². The molecule has 1 aliphatic heterocycles. The number of hydrogen-bond donors (Lipinski definition) is 2. The van der Waals surface area contributed by atoms with E-state index in [1.165, 1.54) is 12.1 Å². The second-order valence-electron chi connectivity index (χ2n) is 7.08. The third-order valence-electron chi connectivity index (χ3n) is 4.80. The molecule has 0 aliphatic carbocycles. The van der Waals surface area contributed by atoms with Crippen LogP contribution >= 0.6 is 23.2 Å². The molecule has 2 N–H and O–H groups in total. The number of hydrogen-bond acceptors (Lipinski definition) is 6. The Labute approximate surface area is 192 Å². The number of halogens is 3. The van der Waals surface area contributed by atoms with Gasteiger partial charge in [-0.3, -0.25) is 9.59 Å². The number of rotatable bonds is 6. The standard InChI is InChI=1S/C21H17Cl2FN4O4/c22-12-3-1-11(2-4-12)20-27-28-21(32-20)17-8-7-16(19(30)26-17)25-18(29)10-31-13-5-6-14(23)15(24)9-13/h1-6,9,16-17H,7-8,10H2,(H,25,29)(H,26,30)/t16-,17+/m0/s1. The summed E-state index contributed by atoms with van der Waals surface area (Å²) in [7, 11) is 0. The molecule has 0 spiro atoms. The van der Waals surface area contributed by atoms with Gasteiger partial charge in [-0.05, 0) is 49.2 Å². The van der Waals surface area contributed by atoms with Crippen LogP contribution in [-0.2, 0) is 9.59 Å². The smallest absolute Gasteiger partial charge is 0.258 e. The minimum atomic E-state index is -0.733. The first kappa shape index (κ1) is 22.0. The van der Waals surface area contributed by atoms with Gasteiger partial charge in [0, 0.05) is 16.7 Å². The molecule has 0 bridgehead atoms. The third-order valence-corrected chi connectivity index (χ3v) is 5.36. The highest BCUT2D eigenvalue weighted by Gasteiger charge is 2.32. The average Bonchev–Trinajstić information content (AvgIpc) is 3.27. The van der Waals surface area contributed by atoms with Crippen molar-refractivity contribution < 1.29 is 23.1 Å². The zero-order chi connectivity index (χ0) is 22.7. The van der Waals surface area contributed by atoms with Crippen molar-refractivity contribution in [2.45, 2.75) is 24.9 Å². The second-order valence-corrected chi connectivity index (χ2v) is 7.92. The van der Waals surface area contributed by atoms with Gasteiger partial charge in [0.05, 0.1) is 5.02 Å². The summed E-state index contributed by atoms with van der Waals surface area (Å²) in [6.45, 7) is -0.373. The molecular weight excluding hydrogens is 462 g/mol. The zero-order valence-electron chi connectivity index (χ0n) is 16.5. The molecule has 2 atom stereocenters. The SMILES string of the molecule is O=C(COc1ccc(Cl)c(F)c1)N[C@H]1CC[C@H](c2nnc(-c3ccc(Cl)cc3)o2)NC1=O. The molecule has 0 saturated carbocycles. The van der Waals surface area contributed by atoms with Crippen molar-refractivity contribution in [2.75, 3.05) is 6.61 Å². The third kappa shape index (κ3) is 5.17. The maximum absolute atomic E-state index is 13.4. The van der Waals surface area contributed by atoms with Crippen LogP contribution in [0, 0.1) is 5.82 Å². The topological polar surface area (TPSA) is 106 Å². The molecule has 1 aliphatic rings. The quantitative estimate of drug-likeness (QED) is 0.559. The Kier molecular flexibility index (Phi) is 6.57. The van der Waals surface area contributed by atoms with Gasteiger partial charge < -0.3 is 19.8 Å². The molecule has 1 aromatic heterocycles. The fraction of sp³-hybridized carbons (Fsp3) is 0.238. The average molecular weight is 479 g/mol. The van der Waals surface area contributed by atoms with Crippen molar-refractivity contribution in [1.82, 2.24) is 20.8 Å². The molecule has 2 aromatic carbocycles. The lowest BCUT2D eigenvalue weighted by atomic mass is 10.00. The number of piperidine rings is 1. The molecule has 8 nitrogen and oxygen atoms in total. The van der Waals surface area contributed by atoms with Gasteiger partial charge in [0.15, 0.2) is 6.61 Å². The molecule has 4 rings (SSSR count). The maximum Gasteiger partial charge on any atom is 0.258 e. The van der Waals surface area contributed by atoms with Gasteiger partial charge in [-0.15, -0.1) is 10.2 Å². The fourth-order valence-corrected chi connectivity index (χ4v) is 3.41. The first-order valence-electron chi connectivity index (χ1n) is 9.66. The Morgan fingerprint density at radius 3 is 2.69 bits per heavy atom. The van der Waals surface area contributed by atoms with E-state index in [2.05, 4.69) is 20.8 Å². The van der Waals surface area contributed by atoms with Gasteiger partial charge in [0.1, 0.15) is 23.7 Å². The van der Waals surface area contributed by atoms with Gasteiger partial charge in [-0.25, -0.2) is 4.39 Å². The van der Waals surface area contributed by atoms with Crippen LogP contribution < -0.4 is 15.4 Å². The normalized spacial score (nSPS) is 18.2. The molecule has 2 heterocycles. The minimum absolute atomic E-state index is 0.0447. The lowest BCUT2D eigenvalue weighted by molar-refractivity contribution is -0.132. The van der Waals surface area contributed by atoms with Crippen LogP contribution in [0.25, 0.3) is 11.5 Å². The molecule has 166 valence electrons. The number of amides is 2. The summed E-state index contributed by atoms with van der Waals surface area (Å²) in [4.78, 5) is 24.6. The van der Waals surface area contributed by atoms with Crippen LogP contribution in [0.1, 0.15) is 24.8 Å². The zero-order valence-corrected chi connectivity index (χ0v) is 18.0. The lowest BCUT2D eigenvalue weighted by Crippen LogP contribution is -2.52. The van der Waals surface area contributed by atoms with Gasteiger partial charge in [-0.2, -0.15) is 0 Å². The van der Waals surface area contributed by atoms with Crippen molar-refractivity contribution >= 4 is 35.0 Å². The van der Waals surface area contributed by atoms with Gasteiger partial charge >= 0.3 is 0 Å². The summed E-state index contributed by atoms with van der Waals surface area (Å²) in [6.07, 6.45) is 0.860. The molecule has 32 heavy (non-hydrogen) atoms. The molecule has 0 radical (unpaired) electrons. The predicted octanol–water partition coefficient (Wildman–Crippen LogP) is 3.70. The van der Waals surface area contributed by atoms with E-state index >= 15 is 0 Å². The van der Waals surface area contributed by atoms with Crippen molar-refractivity contribution in [3.8, 4) is 17.2 Å². The maximum atomic E-state index is 13.4. The van der Waals surface area contributed by atoms with Crippen molar-refractivity contribution in [1.29, 1.82) is 0 Å². The number of nitrogens with one attached hydrogen (secondary N) is 2. The molecule has 1 saturated heterocycles. The molecular formula is C21H17Cl2FN4O4. The van der Waals surface area contributed by atoms with Crippen molar-refractivity contribution in [2.24, 2.45) is 0 Å². The summed E-state index contributed by atoms with van der Waals surface area (Å²) in [5, 5.41) is 14.0. The van der Waals surface area contributed by atoms with E-state index in [4.69, 9.17) is 32.4 Å². The van der Waals surface area contributed by atoms with Crippen LogP contribution in [-0.4, -0.2) is 34.7 Å². The van der Waals surface area contributed by atoms with E-state index in [1.54, 1.807) is 24.3 Å². The Bertz CT molecular complexity index is 1140. The van der Waals surface area contributed by atoms with Crippen LogP contribution in [0.4, 0.5) is 4.39 Å². The van der Waals surface area contributed by atoms with Gasteiger partial charge in [-0.1, -0.05) is 23.2 Å². The molecule has 1 fully saturated rings. The highest BCUT2D eigenvalue weighted by atomic mass is 35.5. The summed E-state index contributed by atoms with van der Waals surface area (Å²) in [5.74, 6) is -0.788. The number of benzene rings is 2. The van der Waals surface area contributed by atoms with E-state index in [1.807, 2.05) is 0 Å². The summed E-state index contributed by atoms with van der Waals surface area (Å²) < 4.78 is 24.4. The Balaban J connectivity index is 1.29. The highest BCUT2D eigenvalue weighted by Crippen LogP contribution is 2.27. The van der Waals surface area contributed by atoms with Crippen LogP contribution in [0.15, 0.2) is 46.9 Å². The largest absolute Gasteiger partial charge is 0.484 e. The lowest BCUT2D eigenvalue weighted by Gasteiger charge is -2.27. The Morgan fingerprint density at radius 1 is 1.19 bits per heavy atom. The monoisotopic (exact) mass is 478 g/mol. The van der Waals surface area contributed by atoms with Crippen LogP contribution in [0.5, 0.6) is 5.75 Å². The summed E-state index contributed by atoms with van der Waals surface area (Å²) >= 11 is 11.5. The predicted molar refractivity (Wildman–Crippen MR) is 114 cm³/mol. The molecule has 0 unspecified atom stereocenters. The van der Waals surface area contributed by atoms with E-state index < -0.39 is 23.8 Å². The number of carbonyl (C=O) groups excluding carboxylic acids is 2. The van der Waals surface area contributed by atoms with Gasteiger partial charge in [0.25, 0.3) is 5.91 Å². The number of nitrogens with zero attached hydrogens (tertiary/aromatic N) is 2. The van der Waals surface area contributed by atoms with Crippen molar-refractivity contribution in [3.63, 3.8) is 0 Å². The van der Waals surface area contributed by atoms with Crippen molar-refractivity contribution in [3.05, 3.63) is 64.2 Å². The van der Waals surface area contributed by atoms with Crippen LogP contribution in [0.2, 0.25) is 10.0 Å². The van der Waals surface area contributed by atoms with E-state index in [9.17, 15) is 14.0 Å². The molecule has 3 aromatic rings. The van der Waals surface area contributed by atoms with Gasteiger partial charge in [0.2, 0.25) is 17.7 Å². The summed E-state index contributed by atoms with van der Waals surface area (Å²) in [5.41, 5.74) is 0.709. The van der Waals surface area contributed by atoms with E-state index in [0.29, 0.717) is 29.3 Å².